The van der Waals surface area contributed by atoms with E-state index < -0.39 is 17.7 Å². The summed E-state index contributed by atoms with van der Waals surface area (Å²) in [7, 11) is 5.76. The van der Waals surface area contributed by atoms with Gasteiger partial charge in [0.05, 0.1) is 27.2 Å². The third kappa shape index (κ3) is 17.4. The third-order valence-electron chi connectivity index (χ3n) is 5.33. The SMILES string of the molecule is CCCCCCCCCCCCCC(O)CCC(O)(CC(=O)[O-])C[N+](C)(C)C. The van der Waals surface area contributed by atoms with E-state index in [1.807, 2.05) is 21.1 Å². The molecule has 0 aromatic rings. The van der Waals surface area contributed by atoms with Crippen LogP contribution in [0.25, 0.3) is 0 Å². The standard InChI is InChI=1S/C23H47NO4/c1-5-6-7-8-9-10-11-12-13-14-15-16-21(25)17-18-23(28,19-22(26)27)20-24(2,3)4/h21,25,28H,5-20H2,1-4H3. The molecule has 0 aromatic carbocycles. The summed E-state index contributed by atoms with van der Waals surface area (Å²) in [5.41, 5.74) is -1.32. The lowest BCUT2D eigenvalue weighted by atomic mass is 9.90. The highest BCUT2D eigenvalue weighted by Crippen LogP contribution is 2.23. The predicted molar refractivity (Wildman–Crippen MR) is 114 cm³/mol. The molecule has 0 bridgehead atoms. The molecule has 0 amide bonds. The molecular weight excluding hydrogens is 354 g/mol. The quantitative estimate of drug-likeness (QED) is 0.257. The van der Waals surface area contributed by atoms with E-state index in [9.17, 15) is 20.1 Å². The van der Waals surface area contributed by atoms with Gasteiger partial charge < -0.3 is 24.6 Å². The van der Waals surface area contributed by atoms with Gasteiger partial charge in [0.25, 0.3) is 0 Å². The zero-order valence-electron chi connectivity index (χ0n) is 19.0. The van der Waals surface area contributed by atoms with Crippen LogP contribution in [0.3, 0.4) is 0 Å². The van der Waals surface area contributed by atoms with Crippen molar-refractivity contribution in [1.82, 2.24) is 0 Å². The molecule has 5 nitrogen and oxygen atoms in total. The summed E-state index contributed by atoms with van der Waals surface area (Å²) in [6.45, 7) is 2.57. The molecule has 0 spiro atoms. The summed E-state index contributed by atoms with van der Waals surface area (Å²) in [5.74, 6) is -1.24. The van der Waals surface area contributed by atoms with E-state index in [1.165, 1.54) is 57.8 Å². The first-order chi connectivity index (χ1) is 13.1. The summed E-state index contributed by atoms with van der Waals surface area (Å²) < 4.78 is 0.471. The second kappa shape index (κ2) is 15.2. The van der Waals surface area contributed by atoms with Crippen LogP contribution in [0.5, 0.6) is 0 Å². The second-order valence-corrected chi connectivity index (χ2v) is 9.74. The number of carbonyl (C=O) groups is 1. The molecule has 0 aliphatic heterocycles. The highest BCUT2D eigenvalue weighted by Gasteiger charge is 2.34. The number of likely N-dealkylation sites (N-methyl/N-ethyl adjacent to an activating group) is 1. The van der Waals surface area contributed by atoms with Gasteiger partial charge in [-0.25, -0.2) is 0 Å². The number of aliphatic hydroxyl groups is 2. The zero-order chi connectivity index (χ0) is 21.5. The average molecular weight is 402 g/mol. The van der Waals surface area contributed by atoms with Gasteiger partial charge in [0.1, 0.15) is 12.1 Å². The Balaban J connectivity index is 3.84. The Bertz CT molecular complexity index is 395. The lowest BCUT2D eigenvalue weighted by molar-refractivity contribution is -0.877. The van der Waals surface area contributed by atoms with Crippen molar-refractivity contribution in [3.63, 3.8) is 0 Å². The van der Waals surface area contributed by atoms with Crippen molar-refractivity contribution < 1.29 is 24.6 Å². The van der Waals surface area contributed by atoms with Crippen LogP contribution in [0, 0.1) is 0 Å². The van der Waals surface area contributed by atoms with E-state index in [4.69, 9.17) is 0 Å². The summed E-state index contributed by atoms with van der Waals surface area (Å²) in [6.07, 6.45) is 14.6. The van der Waals surface area contributed by atoms with E-state index in [2.05, 4.69) is 6.92 Å². The monoisotopic (exact) mass is 401 g/mol. The fourth-order valence-electron chi connectivity index (χ4n) is 4.00. The molecule has 0 heterocycles. The second-order valence-electron chi connectivity index (χ2n) is 9.74. The van der Waals surface area contributed by atoms with Crippen LogP contribution >= 0.6 is 0 Å². The Labute approximate surface area is 173 Å². The zero-order valence-corrected chi connectivity index (χ0v) is 19.0. The number of aliphatic hydroxyl groups excluding tert-OH is 1. The van der Waals surface area contributed by atoms with Gasteiger partial charge in [-0.2, -0.15) is 0 Å². The van der Waals surface area contributed by atoms with Gasteiger partial charge in [0.15, 0.2) is 0 Å². The largest absolute Gasteiger partial charge is 0.550 e. The summed E-state index contributed by atoms with van der Waals surface area (Å²) in [5, 5.41) is 31.9. The Hall–Kier alpha value is -0.650. The average Bonchev–Trinajstić information content (AvgIpc) is 2.55. The molecule has 0 aliphatic rings. The summed E-state index contributed by atoms with van der Waals surface area (Å²) in [6, 6.07) is 0. The minimum atomic E-state index is -1.32. The van der Waals surface area contributed by atoms with Crippen LogP contribution in [0.1, 0.15) is 103 Å². The van der Waals surface area contributed by atoms with Crippen molar-refractivity contribution in [3.8, 4) is 0 Å². The molecular formula is C23H47NO4. The normalized spacial score (nSPS) is 15.4. The van der Waals surface area contributed by atoms with Crippen LogP contribution in [0.4, 0.5) is 0 Å². The van der Waals surface area contributed by atoms with Gasteiger partial charge >= 0.3 is 0 Å². The first kappa shape index (κ1) is 27.4. The van der Waals surface area contributed by atoms with Crippen LogP contribution < -0.4 is 5.11 Å². The number of carboxylic acid groups (broad SMARTS) is 1. The lowest BCUT2D eigenvalue weighted by Crippen LogP contribution is -2.52. The van der Waals surface area contributed by atoms with E-state index in [0.717, 1.165) is 19.3 Å². The van der Waals surface area contributed by atoms with Gasteiger partial charge in [-0.3, -0.25) is 0 Å². The van der Waals surface area contributed by atoms with Crippen LogP contribution in [-0.4, -0.2) is 60.1 Å². The number of unbranched alkanes of at least 4 members (excludes halogenated alkanes) is 10. The molecule has 0 aliphatic carbocycles. The number of aliphatic carboxylic acids is 1. The fourth-order valence-corrected chi connectivity index (χ4v) is 4.00. The van der Waals surface area contributed by atoms with Crippen molar-refractivity contribution in [3.05, 3.63) is 0 Å². The molecule has 2 N–H and O–H groups in total. The highest BCUT2D eigenvalue weighted by molar-refractivity contribution is 5.65. The Morgan fingerprint density at radius 3 is 1.79 bits per heavy atom. The topological polar surface area (TPSA) is 80.6 Å². The van der Waals surface area contributed by atoms with E-state index in [0.29, 0.717) is 17.4 Å². The molecule has 5 heteroatoms. The molecule has 0 rings (SSSR count). The van der Waals surface area contributed by atoms with Crippen molar-refractivity contribution >= 4 is 5.97 Å². The molecule has 0 aromatic heterocycles. The molecule has 2 atom stereocenters. The maximum atomic E-state index is 11.0. The first-order valence-electron chi connectivity index (χ1n) is 11.5. The lowest BCUT2D eigenvalue weighted by Gasteiger charge is -2.36. The van der Waals surface area contributed by atoms with Crippen molar-refractivity contribution in [2.24, 2.45) is 0 Å². The maximum Gasteiger partial charge on any atom is 0.119 e. The van der Waals surface area contributed by atoms with Crippen molar-refractivity contribution in [1.29, 1.82) is 0 Å². The molecule has 168 valence electrons. The fraction of sp³-hybridized carbons (Fsp3) is 0.957. The first-order valence-corrected chi connectivity index (χ1v) is 11.5. The van der Waals surface area contributed by atoms with E-state index in [1.54, 1.807) is 0 Å². The third-order valence-corrected chi connectivity index (χ3v) is 5.33. The van der Waals surface area contributed by atoms with Gasteiger partial charge in [-0.05, 0) is 19.3 Å². The summed E-state index contributed by atoms with van der Waals surface area (Å²) in [4.78, 5) is 11.0. The molecule has 0 fully saturated rings. The smallest absolute Gasteiger partial charge is 0.119 e. The Kier molecular flexibility index (Phi) is 14.9. The van der Waals surface area contributed by atoms with E-state index in [-0.39, 0.29) is 12.8 Å². The molecule has 2 unspecified atom stereocenters. The maximum absolute atomic E-state index is 11.0. The Morgan fingerprint density at radius 1 is 0.893 bits per heavy atom. The number of hydrogen-bond donors (Lipinski definition) is 2. The number of hydrogen-bond acceptors (Lipinski definition) is 4. The Morgan fingerprint density at radius 2 is 1.36 bits per heavy atom. The number of carbonyl (C=O) groups excluding carboxylic acids is 1. The molecule has 0 radical (unpaired) electrons. The van der Waals surface area contributed by atoms with Crippen molar-refractivity contribution in [2.75, 3.05) is 27.7 Å². The van der Waals surface area contributed by atoms with Gasteiger partial charge in [0, 0.05) is 12.4 Å². The molecule has 0 saturated heterocycles. The van der Waals surface area contributed by atoms with Gasteiger partial charge in [-0.1, -0.05) is 77.6 Å². The minimum absolute atomic E-state index is 0.287. The molecule has 0 saturated carbocycles. The van der Waals surface area contributed by atoms with Crippen LogP contribution in [0.2, 0.25) is 0 Å². The number of rotatable bonds is 19. The summed E-state index contributed by atoms with van der Waals surface area (Å²) >= 11 is 0. The van der Waals surface area contributed by atoms with Crippen LogP contribution in [-0.2, 0) is 4.79 Å². The van der Waals surface area contributed by atoms with Gasteiger partial charge in [-0.15, -0.1) is 0 Å². The van der Waals surface area contributed by atoms with E-state index >= 15 is 0 Å². The minimum Gasteiger partial charge on any atom is -0.550 e. The predicted octanol–water partition coefficient (Wildman–Crippen LogP) is 3.41. The number of carboxylic acids is 1. The highest BCUT2D eigenvalue weighted by atomic mass is 16.4. The number of nitrogens with zero attached hydrogens (tertiary/aromatic N) is 1. The molecule has 28 heavy (non-hydrogen) atoms. The number of quaternary nitrogens is 1. The van der Waals surface area contributed by atoms with Crippen LogP contribution in [0.15, 0.2) is 0 Å². The van der Waals surface area contributed by atoms with Crippen molar-refractivity contribution in [2.45, 2.75) is 115 Å². The van der Waals surface area contributed by atoms with Gasteiger partial charge in [0.2, 0.25) is 0 Å².